The van der Waals surface area contributed by atoms with Crippen LogP contribution in [0.4, 0.5) is 0 Å². The summed E-state index contributed by atoms with van der Waals surface area (Å²) in [7, 11) is 0. The number of rotatable bonds is 3. The minimum atomic E-state index is -0.0244. The molecule has 0 fully saturated rings. The maximum Gasteiger partial charge on any atom is 0.251 e. The molecule has 0 aliphatic heterocycles. The van der Waals surface area contributed by atoms with E-state index in [1.165, 1.54) is 0 Å². The van der Waals surface area contributed by atoms with Crippen molar-refractivity contribution >= 4 is 17.2 Å². The van der Waals surface area contributed by atoms with Gasteiger partial charge in [-0.15, -0.1) is 0 Å². The van der Waals surface area contributed by atoms with E-state index in [1.54, 1.807) is 29.0 Å². The second kappa shape index (κ2) is 5.10. The predicted molar refractivity (Wildman–Crippen MR) is 74.7 cm³/mol. The van der Waals surface area contributed by atoms with Crippen LogP contribution in [0.25, 0.3) is 0 Å². The third-order valence-corrected chi connectivity index (χ3v) is 2.89. The van der Waals surface area contributed by atoms with Crippen LogP contribution >= 0.6 is 12.2 Å². The fourth-order valence-electron chi connectivity index (χ4n) is 1.72. The van der Waals surface area contributed by atoms with Crippen LogP contribution in [0.1, 0.15) is 17.0 Å². The molecule has 92 valence electrons. The number of nitrogens with two attached hydrogens (primary N) is 1. The molecule has 0 atom stereocenters. The van der Waals surface area contributed by atoms with Gasteiger partial charge in [-0.3, -0.25) is 9.78 Å². The van der Waals surface area contributed by atoms with Crippen molar-refractivity contribution in [3.05, 3.63) is 63.8 Å². The largest absolute Gasteiger partial charge is 0.388 e. The van der Waals surface area contributed by atoms with E-state index in [4.69, 9.17) is 18.0 Å². The van der Waals surface area contributed by atoms with Crippen LogP contribution in [0.3, 0.4) is 0 Å². The van der Waals surface area contributed by atoms with Gasteiger partial charge in [0.15, 0.2) is 0 Å². The van der Waals surface area contributed by atoms with Gasteiger partial charge in [-0.25, -0.2) is 0 Å². The van der Waals surface area contributed by atoms with Gasteiger partial charge in [0.25, 0.3) is 5.56 Å². The molecular weight excluding hydrogens is 246 g/mol. The fourth-order valence-corrected chi connectivity index (χ4v) is 1.83. The van der Waals surface area contributed by atoms with E-state index >= 15 is 0 Å². The highest BCUT2D eigenvalue weighted by atomic mass is 32.1. The van der Waals surface area contributed by atoms with Crippen molar-refractivity contribution in [3.63, 3.8) is 0 Å². The summed E-state index contributed by atoms with van der Waals surface area (Å²) in [6.45, 7) is 2.39. The van der Waals surface area contributed by atoms with Crippen molar-refractivity contribution in [2.24, 2.45) is 5.73 Å². The van der Waals surface area contributed by atoms with Gasteiger partial charge in [0, 0.05) is 18.0 Å². The molecule has 2 aromatic heterocycles. The molecule has 2 rings (SSSR count). The summed E-state index contributed by atoms with van der Waals surface area (Å²) >= 11 is 4.88. The van der Waals surface area contributed by atoms with Gasteiger partial charge in [-0.1, -0.05) is 18.3 Å². The van der Waals surface area contributed by atoms with E-state index < -0.39 is 0 Å². The lowest BCUT2D eigenvalue weighted by Gasteiger charge is -2.09. The molecule has 0 spiro atoms. The van der Waals surface area contributed by atoms with Gasteiger partial charge in [0.1, 0.15) is 4.99 Å². The number of thiocarbonyl (C=S) groups is 1. The van der Waals surface area contributed by atoms with E-state index in [-0.39, 0.29) is 10.5 Å². The molecule has 0 radical (unpaired) electrons. The van der Waals surface area contributed by atoms with Crippen molar-refractivity contribution in [1.29, 1.82) is 0 Å². The standard InChI is InChI=1S/C13H13N3OS/c1-9-3-2-4-12(17)16(9)8-10-5-6-15-11(7-10)13(14)18/h2-7H,8H2,1H3,(H2,14,18). The predicted octanol–water partition coefficient (Wildman–Crippen LogP) is 1.23. The molecule has 0 aliphatic carbocycles. The van der Waals surface area contributed by atoms with Gasteiger partial charge in [-0.05, 0) is 30.7 Å². The number of pyridine rings is 2. The lowest BCUT2D eigenvalue weighted by molar-refractivity contribution is 0.729. The topological polar surface area (TPSA) is 60.9 Å². The second-order valence-corrected chi connectivity index (χ2v) is 4.44. The Balaban J connectivity index is 2.37. The molecule has 0 bridgehead atoms. The van der Waals surface area contributed by atoms with Gasteiger partial charge < -0.3 is 10.3 Å². The zero-order valence-electron chi connectivity index (χ0n) is 9.96. The lowest BCUT2D eigenvalue weighted by atomic mass is 10.2. The highest BCUT2D eigenvalue weighted by Gasteiger charge is 2.03. The Labute approximate surface area is 110 Å². The van der Waals surface area contributed by atoms with Crippen LogP contribution in [-0.2, 0) is 6.54 Å². The van der Waals surface area contributed by atoms with Crippen LogP contribution in [0.2, 0.25) is 0 Å². The first kappa shape index (κ1) is 12.4. The van der Waals surface area contributed by atoms with E-state index in [1.807, 2.05) is 19.1 Å². The normalized spacial score (nSPS) is 10.3. The highest BCUT2D eigenvalue weighted by Crippen LogP contribution is 2.05. The summed E-state index contributed by atoms with van der Waals surface area (Å²) in [5.41, 5.74) is 7.95. The maximum atomic E-state index is 11.8. The molecule has 0 saturated heterocycles. The zero-order chi connectivity index (χ0) is 13.1. The Morgan fingerprint density at radius 3 is 2.89 bits per heavy atom. The van der Waals surface area contributed by atoms with Crippen LogP contribution in [0.15, 0.2) is 41.3 Å². The average Bonchev–Trinajstić information content (AvgIpc) is 2.34. The van der Waals surface area contributed by atoms with Crippen molar-refractivity contribution in [2.45, 2.75) is 13.5 Å². The quantitative estimate of drug-likeness (QED) is 0.842. The van der Waals surface area contributed by atoms with Gasteiger partial charge in [0.05, 0.1) is 12.2 Å². The lowest BCUT2D eigenvalue weighted by Crippen LogP contribution is -2.21. The molecule has 0 amide bonds. The molecule has 2 aromatic rings. The first-order chi connectivity index (χ1) is 8.58. The maximum absolute atomic E-state index is 11.8. The third-order valence-electron chi connectivity index (χ3n) is 2.69. The summed E-state index contributed by atoms with van der Waals surface area (Å²) in [4.78, 5) is 16.1. The summed E-state index contributed by atoms with van der Waals surface area (Å²) in [5.74, 6) is 0. The van der Waals surface area contributed by atoms with Crippen LogP contribution in [0, 0.1) is 6.92 Å². The number of aromatic nitrogens is 2. The summed E-state index contributed by atoms with van der Waals surface area (Å²) < 4.78 is 1.69. The van der Waals surface area contributed by atoms with Crippen molar-refractivity contribution < 1.29 is 0 Å². The number of aryl methyl sites for hydroxylation is 1. The average molecular weight is 259 g/mol. The minimum Gasteiger partial charge on any atom is -0.388 e. The highest BCUT2D eigenvalue weighted by molar-refractivity contribution is 7.80. The van der Waals surface area contributed by atoms with Crippen LogP contribution < -0.4 is 11.3 Å². The smallest absolute Gasteiger partial charge is 0.251 e. The minimum absolute atomic E-state index is 0.0244. The molecule has 2 heterocycles. The van der Waals surface area contributed by atoms with Crippen molar-refractivity contribution in [2.75, 3.05) is 0 Å². The Morgan fingerprint density at radius 2 is 2.22 bits per heavy atom. The fraction of sp³-hybridized carbons (Fsp3) is 0.154. The molecule has 2 N–H and O–H groups in total. The number of hydrogen-bond donors (Lipinski definition) is 1. The molecule has 18 heavy (non-hydrogen) atoms. The molecule has 0 aromatic carbocycles. The number of hydrogen-bond acceptors (Lipinski definition) is 3. The first-order valence-electron chi connectivity index (χ1n) is 5.49. The van der Waals surface area contributed by atoms with E-state index in [0.717, 1.165) is 11.3 Å². The van der Waals surface area contributed by atoms with E-state index in [9.17, 15) is 4.79 Å². The van der Waals surface area contributed by atoms with Crippen LogP contribution in [-0.4, -0.2) is 14.5 Å². The van der Waals surface area contributed by atoms with Gasteiger partial charge >= 0.3 is 0 Å². The first-order valence-corrected chi connectivity index (χ1v) is 5.90. The summed E-state index contributed by atoms with van der Waals surface area (Å²) in [6, 6.07) is 8.85. The Bertz CT molecular complexity index is 649. The molecule has 0 unspecified atom stereocenters. The van der Waals surface area contributed by atoms with Gasteiger partial charge in [0.2, 0.25) is 0 Å². The van der Waals surface area contributed by atoms with Gasteiger partial charge in [-0.2, -0.15) is 0 Å². The molecule has 0 aliphatic rings. The Hall–Kier alpha value is -2.01. The van der Waals surface area contributed by atoms with Crippen molar-refractivity contribution in [3.8, 4) is 0 Å². The van der Waals surface area contributed by atoms with E-state index in [2.05, 4.69) is 4.98 Å². The molecule has 5 heteroatoms. The SMILES string of the molecule is Cc1cccc(=O)n1Cc1ccnc(C(N)=S)c1. The summed E-state index contributed by atoms with van der Waals surface area (Å²) in [5, 5.41) is 0. The zero-order valence-corrected chi connectivity index (χ0v) is 10.8. The van der Waals surface area contributed by atoms with Crippen LogP contribution in [0.5, 0.6) is 0 Å². The third kappa shape index (κ3) is 2.62. The molecule has 4 nitrogen and oxygen atoms in total. The number of nitrogens with zero attached hydrogens (tertiary/aromatic N) is 2. The second-order valence-electron chi connectivity index (χ2n) is 4.01. The monoisotopic (exact) mass is 259 g/mol. The molecule has 0 saturated carbocycles. The van der Waals surface area contributed by atoms with Crippen molar-refractivity contribution in [1.82, 2.24) is 9.55 Å². The Morgan fingerprint density at radius 1 is 1.44 bits per heavy atom. The Kier molecular flexibility index (Phi) is 3.53. The van der Waals surface area contributed by atoms with E-state index in [0.29, 0.717) is 12.2 Å². The molecular formula is C13H13N3OS. The summed E-state index contributed by atoms with van der Waals surface area (Å²) in [6.07, 6.45) is 1.65.